The first-order valence-electron chi connectivity index (χ1n) is 12.9. The second kappa shape index (κ2) is 10.9. The van der Waals surface area contributed by atoms with Crippen molar-refractivity contribution < 1.29 is 9.66 Å². The lowest BCUT2D eigenvalue weighted by Gasteiger charge is -2.37. The summed E-state index contributed by atoms with van der Waals surface area (Å²) in [7, 11) is 0. The number of hydrogen-bond acceptors (Lipinski definition) is 5. The molecule has 2 aliphatic rings. The summed E-state index contributed by atoms with van der Waals surface area (Å²) in [4.78, 5) is 15.2. The SMILES string of the molecule is O=[N+]([O-])c1ccc(COc2ccc(Br)cc2C=Nc2ccc([C@@H]3Nc4ccccc4[C@@H]4C=CC[C@@H]43)cc2)cc1. The molecule has 3 atom stereocenters. The number of anilines is 1. The van der Waals surface area contributed by atoms with Crippen LogP contribution in [0.3, 0.4) is 0 Å². The second-order valence-electron chi connectivity index (χ2n) is 9.81. The normalized spacial score (nSPS) is 19.4. The van der Waals surface area contributed by atoms with Crippen molar-refractivity contribution in [3.63, 3.8) is 0 Å². The summed E-state index contributed by atoms with van der Waals surface area (Å²) in [5.41, 5.74) is 6.46. The highest BCUT2D eigenvalue weighted by Gasteiger charge is 2.37. The van der Waals surface area contributed by atoms with Gasteiger partial charge in [-0.2, -0.15) is 0 Å². The molecule has 0 unspecified atom stereocenters. The molecule has 1 aliphatic heterocycles. The predicted molar refractivity (Wildman–Crippen MR) is 158 cm³/mol. The quantitative estimate of drug-likeness (QED) is 0.103. The van der Waals surface area contributed by atoms with Crippen LogP contribution in [0.4, 0.5) is 17.1 Å². The molecule has 4 aromatic carbocycles. The topological polar surface area (TPSA) is 76.8 Å². The first-order valence-corrected chi connectivity index (χ1v) is 13.7. The standard InChI is InChI=1S/C32H26BrN3O3/c33-24-12-17-31(39-20-21-8-15-26(16-9-21)36(37)38)23(18-24)19-34-25-13-10-22(11-14-25)32-29-6-3-5-27(29)28-4-1-2-7-30(28)35-32/h1-5,7-19,27,29,32,35H,6,20H2/t27-,29-,32-/m0/s1. The number of nitro groups is 1. The summed E-state index contributed by atoms with van der Waals surface area (Å²) < 4.78 is 6.96. The van der Waals surface area contributed by atoms with Crippen LogP contribution in [-0.2, 0) is 6.61 Å². The maximum Gasteiger partial charge on any atom is 0.269 e. The molecule has 0 amide bonds. The largest absolute Gasteiger partial charge is 0.488 e. The molecule has 0 saturated carbocycles. The van der Waals surface area contributed by atoms with Crippen LogP contribution < -0.4 is 10.1 Å². The van der Waals surface area contributed by atoms with Crippen molar-refractivity contribution in [3.8, 4) is 5.75 Å². The van der Waals surface area contributed by atoms with Gasteiger partial charge >= 0.3 is 0 Å². The van der Waals surface area contributed by atoms with E-state index in [9.17, 15) is 10.1 Å². The molecule has 1 aliphatic carbocycles. The summed E-state index contributed by atoms with van der Waals surface area (Å²) in [5, 5.41) is 14.7. The Labute approximate surface area is 235 Å². The zero-order chi connectivity index (χ0) is 26.8. The van der Waals surface area contributed by atoms with Gasteiger partial charge in [-0.3, -0.25) is 15.1 Å². The van der Waals surface area contributed by atoms with Crippen molar-refractivity contribution in [1.82, 2.24) is 0 Å². The predicted octanol–water partition coefficient (Wildman–Crippen LogP) is 8.51. The molecule has 0 aromatic heterocycles. The van der Waals surface area contributed by atoms with Gasteiger partial charge in [0.2, 0.25) is 0 Å². The lowest BCUT2D eigenvalue weighted by atomic mass is 9.77. The Hall–Kier alpha value is -4.23. The number of hydrogen-bond donors (Lipinski definition) is 1. The van der Waals surface area contributed by atoms with Gasteiger partial charge in [0, 0.05) is 40.0 Å². The van der Waals surface area contributed by atoms with E-state index in [0.717, 1.165) is 27.7 Å². The minimum atomic E-state index is -0.409. The molecule has 194 valence electrons. The minimum absolute atomic E-state index is 0.0602. The Balaban J connectivity index is 1.17. The number of allylic oxidation sites excluding steroid dienone is 2. The van der Waals surface area contributed by atoms with Crippen molar-refractivity contribution >= 4 is 39.2 Å². The van der Waals surface area contributed by atoms with Crippen LogP contribution in [0, 0.1) is 16.0 Å². The Morgan fingerprint density at radius 2 is 1.82 bits per heavy atom. The molecule has 0 radical (unpaired) electrons. The van der Waals surface area contributed by atoms with Gasteiger partial charge in [0.15, 0.2) is 0 Å². The van der Waals surface area contributed by atoms with Crippen LogP contribution in [0.15, 0.2) is 113 Å². The third-order valence-electron chi connectivity index (χ3n) is 7.39. The number of ether oxygens (including phenoxy) is 1. The summed E-state index contributed by atoms with van der Waals surface area (Å²) in [6, 6.07) is 29.4. The van der Waals surface area contributed by atoms with Crippen molar-refractivity contribution in [2.45, 2.75) is 25.0 Å². The van der Waals surface area contributed by atoms with E-state index in [1.807, 2.05) is 18.2 Å². The van der Waals surface area contributed by atoms with Crippen molar-refractivity contribution in [2.24, 2.45) is 10.9 Å². The number of nitrogens with one attached hydrogen (secondary N) is 1. The van der Waals surface area contributed by atoms with Gasteiger partial charge in [0.05, 0.1) is 16.7 Å². The number of fused-ring (bicyclic) bond motifs is 3. The number of nitro benzene ring substituents is 1. The Morgan fingerprint density at radius 1 is 1.03 bits per heavy atom. The van der Waals surface area contributed by atoms with Gasteiger partial charge in [-0.25, -0.2) is 0 Å². The van der Waals surface area contributed by atoms with E-state index >= 15 is 0 Å². The fraction of sp³-hybridized carbons (Fsp3) is 0.156. The van der Waals surface area contributed by atoms with Gasteiger partial charge in [-0.1, -0.05) is 58.4 Å². The summed E-state index contributed by atoms with van der Waals surface area (Å²) in [6.07, 6.45) is 7.54. The molecule has 0 fully saturated rings. The number of benzene rings is 4. The summed E-state index contributed by atoms with van der Waals surface area (Å²) in [6.45, 7) is 0.295. The van der Waals surface area contributed by atoms with E-state index in [4.69, 9.17) is 9.73 Å². The van der Waals surface area contributed by atoms with Crippen LogP contribution >= 0.6 is 15.9 Å². The maximum atomic E-state index is 10.9. The number of nitrogens with zero attached hydrogens (tertiary/aromatic N) is 2. The second-order valence-corrected chi connectivity index (χ2v) is 10.7. The highest BCUT2D eigenvalue weighted by atomic mass is 79.9. The van der Waals surface area contributed by atoms with Crippen LogP contribution in [-0.4, -0.2) is 11.1 Å². The fourth-order valence-corrected chi connectivity index (χ4v) is 5.79. The third-order valence-corrected chi connectivity index (χ3v) is 7.88. The number of aliphatic imine (C=N–C) groups is 1. The number of non-ortho nitro benzene ring substituents is 1. The molecule has 1 heterocycles. The summed E-state index contributed by atoms with van der Waals surface area (Å²) >= 11 is 3.53. The van der Waals surface area contributed by atoms with Crippen LogP contribution in [0.25, 0.3) is 0 Å². The fourth-order valence-electron chi connectivity index (χ4n) is 5.41. The monoisotopic (exact) mass is 579 g/mol. The van der Waals surface area contributed by atoms with E-state index in [2.05, 4.69) is 81.9 Å². The molecule has 0 bridgehead atoms. The number of rotatable bonds is 7. The molecule has 6 rings (SSSR count). The zero-order valence-electron chi connectivity index (χ0n) is 21.0. The first-order chi connectivity index (χ1) is 19.0. The number of para-hydroxylation sites is 1. The average Bonchev–Trinajstić information content (AvgIpc) is 3.46. The molecule has 0 spiro atoms. The first kappa shape index (κ1) is 25.1. The Morgan fingerprint density at radius 3 is 2.62 bits per heavy atom. The Bertz CT molecular complexity index is 1560. The van der Waals surface area contributed by atoms with Gasteiger partial charge in [0.25, 0.3) is 5.69 Å². The molecule has 7 heteroatoms. The third kappa shape index (κ3) is 5.36. The maximum absolute atomic E-state index is 10.9. The van der Waals surface area contributed by atoms with Crippen molar-refractivity contribution in [1.29, 1.82) is 0 Å². The molecule has 6 nitrogen and oxygen atoms in total. The van der Waals surface area contributed by atoms with E-state index in [0.29, 0.717) is 24.2 Å². The van der Waals surface area contributed by atoms with Crippen LogP contribution in [0.5, 0.6) is 5.75 Å². The number of halogens is 1. The van der Waals surface area contributed by atoms with Gasteiger partial charge in [-0.15, -0.1) is 0 Å². The molecule has 39 heavy (non-hydrogen) atoms. The van der Waals surface area contributed by atoms with Crippen molar-refractivity contribution in [2.75, 3.05) is 5.32 Å². The highest BCUT2D eigenvalue weighted by molar-refractivity contribution is 9.10. The highest BCUT2D eigenvalue weighted by Crippen LogP contribution is 2.49. The molecular weight excluding hydrogens is 554 g/mol. The molecule has 4 aromatic rings. The van der Waals surface area contributed by atoms with Crippen LogP contribution in [0.2, 0.25) is 0 Å². The lowest BCUT2D eigenvalue weighted by molar-refractivity contribution is -0.384. The zero-order valence-corrected chi connectivity index (χ0v) is 22.6. The summed E-state index contributed by atoms with van der Waals surface area (Å²) in [5.74, 6) is 1.64. The van der Waals surface area contributed by atoms with Gasteiger partial charge in [-0.05, 0) is 77.6 Å². The lowest BCUT2D eigenvalue weighted by Crippen LogP contribution is -2.28. The van der Waals surface area contributed by atoms with E-state index in [-0.39, 0.29) is 11.7 Å². The van der Waals surface area contributed by atoms with E-state index in [1.54, 1.807) is 18.3 Å². The minimum Gasteiger partial charge on any atom is -0.488 e. The smallest absolute Gasteiger partial charge is 0.269 e. The Kier molecular flexibility index (Phi) is 6.99. The molecular formula is C32H26BrN3O3. The average molecular weight is 580 g/mol. The van der Waals surface area contributed by atoms with E-state index in [1.165, 1.54) is 28.9 Å². The van der Waals surface area contributed by atoms with Gasteiger partial charge < -0.3 is 10.1 Å². The molecule has 1 N–H and O–H groups in total. The van der Waals surface area contributed by atoms with E-state index < -0.39 is 4.92 Å². The van der Waals surface area contributed by atoms with Crippen molar-refractivity contribution in [3.05, 3.63) is 140 Å². The van der Waals surface area contributed by atoms with Gasteiger partial charge in [0.1, 0.15) is 12.4 Å². The molecule has 0 saturated heterocycles. The van der Waals surface area contributed by atoms with Crippen LogP contribution in [0.1, 0.15) is 40.6 Å².